The molecule has 116 valence electrons. The molecular weight excluding hydrogens is 254 g/mol. The Morgan fingerprint density at radius 1 is 1.15 bits per heavy atom. The minimum absolute atomic E-state index is 0.252. The first-order valence-electron chi connectivity index (χ1n) is 8.25. The van der Waals surface area contributed by atoms with Gasteiger partial charge in [0.1, 0.15) is 0 Å². The number of carboxylic acids is 1. The van der Waals surface area contributed by atoms with Crippen molar-refractivity contribution >= 4 is 5.97 Å². The van der Waals surface area contributed by atoms with E-state index in [9.17, 15) is 9.90 Å². The molecule has 2 rings (SSSR count). The van der Waals surface area contributed by atoms with Crippen molar-refractivity contribution < 1.29 is 15.0 Å². The third kappa shape index (κ3) is 4.74. The number of rotatable bonds is 7. The lowest BCUT2D eigenvalue weighted by molar-refractivity contribution is -0.144. The molecule has 2 fully saturated rings. The number of hydrogen-bond acceptors (Lipinski definition) is 3. The van der Waals surface area contributed by atoms with Crippen molar-refractivity contribution in [1.29, 1.82) is 0 Å². The highest BCUT2D eigenvalue weighted by molar-refractivity contribution is 5.70. The average molecular weight is 283 g/mol. The molecule has 0 aromatic heterocycles. The van der Waals surface area contributed by atoms with Gasteiger partial charge in [0.05, 0.1) is 11.5 Å². The Bertz CT molecular complexity index is 305. The Hall–Kier alpha value is -0.610. The molecule has 0 amide bonds. The maximum Gasteiger partial charge on any atom is 0.306 e. The number of hydrogen-bond donors (Lipinski definition) is 3. The highest BCUT2D eigenvalue weighted by atomic mass is 16.4. The lowest BCUT2D eigenvalue weighted by Gasteiger charge is -2.34. The van der Waals surface area contributed by atoms with Crippen molar-refractivity contribution in [1.82, 2.24) is 5.32 Å². The number of carboxylic acid groups (broad SMARTS) is 1. The van der Waals surface area contributed by atoms with Gasteiger partial charge in [-0.25, -0.2) is 0 Å². The van der Waals surface area contributed by atoms with Crippen LogP contribution in [-0.4, -0.2) is 34.9 Å². The standard InChI is InChI=1S/C16H29NO3/c18-15(19)14-7-9-16(20,10-8-14)12-17-11-3-6-13-4-1-2-5-13/h13-14,17,20H,1-12H2,(H,18,19). The van der Waals surface area contributed by atoms with Gasteiger partial charge in [-0.1, -0.05) is 25.7 Å². The molecule has 0 atom stereocenters. The summed E-state index contributed by atoms with van der Waals surface area (Å²) in [4.78, 5) is 10.9. The lowest BCUT2D eigenvalue weighted by Crippen LogP contribution is -2.44. The van der Waals surface area contributed by atoms with Crippen molar-refractivity contribution in [2.75, 3.05) is 13.1 Å². The van der Waals surface area contributed by atoms with Crippen LogP contribution < -0.4 is 5.32 Å². The van der Waals surface area contributed by atoms with Gasteiger partial charge in [-0.15, -0.1) is 0 Å². The molecule has 2 aliphatic carbocycles. The molecule has 2 saturated carbocycles. The summed E-state index contributed by atoms with van der Waals surface area (Å²) in [6, 6.07) is 0. The fourth-order valence-electron chi connectivity index (χ4n) is 3.71. The fraction of sp³-hybridized carbons (Fsp3) is 0.938. The number of aliphatic hydroxyl groups is 1. The summed E-state index contributed by atoms with van der Waals surface area (Å²) >= 11 is 0. The van der Waals surface area contributed by atoms with Crippen LogP contribution in [0, 0.1) is 11.8 Å². The quantitative estimate of drug-likeness (QED) is 0.628. The summed E-state index contributed by atoms with van der Waals surface area (Å²) < 4.78 is 0. The van der Waals surface area contributed by atoms with Gasteiger partial charge in [-0.2, -0.15) is 0 Å². The monoisotopic (exact) mass is 283 g/mol. The Kier molecular flexibility index (Phi) is 5.85. The molecule has 0 aliphatic heterocycles. The Morgan fingerprint density at radius 3 is 2.40 bits per heavy atom. The summed E-state index contributed by atoms with van der Waals surface area (Å²) in [5.41, 5.74) is -0.681. The lowest BCUT2D eigenvalue weighted by atomic mass is 9.79. The molecule has 4 heteroatoms. The number of aliphatic carboxylic acids is 1. The minimum Gasteiger partial charge on any atom is -0.481 e. The van der Waals surface area contributed by atoms with Crippen molar-refractivity contribution in [2.24, 2.45) is 11.8 Å². The van der Waals surface area contributed by atoms with Crippen LogP contribution in [0.4, 0.5) is 0 Å². The molecule has 0 aromatic rings. The van der Waals surface area contributed by atoms with E-state index in [4.69, 9.17) is 5.11 Å². The average Bonchev–Trinajstić information content (AvgIpc) is 2.92. The predicted octanol–water partition coefficient (Wildman–Crippen LogP) is 2.55. The minimum atomic E-state index is -0.712. The largest absolute Gasteiger partial charge is 0.481 e. The summed E-state index contributed by atoms with van der Waals surface area (Å²) in [6.07, 6.45) is 10.6. The zero-order valence-corrected chi connectivity index (χ0v) is 12.4. The highest BCUT2D eigenvalue weighted by Gasteiger charge is 2.35. The molecule has 0 bridgehead atoms. The van der Waals surface area contributed by atoms with Crippen molar-refractivity contribution in [3.63, 3.8) is 0 Å². The zero-order valence-electron chi connectivity index (χ0n) is 12.4. The molecule has 20 heavy (non-hydrogen) atoms. The van der Waals surface area contributed by atoms with Gasteiger partial charge in [0.2, 0.25) is 0 Å². The SMILES string of the molecule is O=C(O)C1CCC(O)(CNCCCC2CCCC2)CC1. The van der Waals surface area contributed by atoms with E-state index in [1.165, 1.54) is 38.5 Å². The predicted molar refractivity (Wildman–Crippen MR) is 78.6 cm³/mol. The first-order valence-corrected chi connectivity index (χ1v) is 8.25. The van der Waals surface area contributed by atoms with E-state index in [1.807, 2.05) is 0 Å². The second-order valence-corrected chi connectivity index (χ2v) is 6.81. The molecule has 0 spiro atoms. The van der Waals surface area contributed by atoms with E-state index in [0.29, 0.717) is 32.2 Å². The molecule has 2 aliphatic rings. The zero-order chi connectivity index (χ0) is 14.4. The smallest absolute Gasteiger partial charge is 0.306 e. The van der Waals surface area contributed by atoms with E-state index in [0.717, 1.165) is 12.5 Å². The fourth-order valence-corrected chi connectivity index (χ4v) is 3.71. The van der Waals surface area contributed by atoms with E-state index < -0.39 is 11.6 Å². The molecule has 3 N–H and O–H groups in total. The molecule has 0 saturated heterocycles. The van der Waals surface area contributed by atoms with Crippen molar-refractivity contribution in [3.8, 4) is 0 Å². The normalized spacial score (nSPS) is 31.6. The second kappa shape index (κ2) is 7.41. The maximum atomic E-state index is 10.9. The van der Waals surface area contributed by atoms with Gasteiger partial charge >= 0.3 is 5.97 Å². The van der Waals surface area contributed by atoms with Gasteiger partial charge in [-0.05, 0) is 51.0 Å². The molecule has 0 aromatic carbocycles. The van der Waals surface area contributed by atoms with E-state index in [1.54, 1.807) is 0 Å². The van der Waals surface area contributed by atoms with E-state index in [-0.39, 0.29) is 5.92 Å². The van der Waals surface area contributed by atoms with Crippen LogP contribution in [-0.2, 0) is 4.79 Å². The summed E-state index contributed by atoms with van der Waals surface area (Å²) in [5, 5.41) is 22.8. The van der Waals surface area contributed by atoms with Crippen LogP contribution in [0.25, 0.3) is 0 Å². The van der Waals surface area contributed by atoms with Gasteiger partial charge in [-0.3, -0.25) is 4.79 Å². The number of carbonyl (C=O) groups is 1. The second-order valence-electron chi connectivity index (χ2n) is 6.81. The maximum absolute atomic E-state index is 10.9. The molecule has 0 unspecified atom stereocenters. The van der Waals surface area contributed by atoms with Crippen molar-refractivity contribution in [3.05, 3.63) is 0 Å². The molecule has 4 nitrogen and oxygen atoms in total. The van der Waals surface area contributed by atoms with E-state index in [2.05, 4.69) is 5.32 Å². The van der Waals surface area contributed by atoms with Crippen LogP contribution in [0.3, 0.4) is 0 Å². The summed E-state index contributed by atoms with van der Waals surface area (Å²) in [6.45, 7) is 1.59. The third-order valence-electron chi connectivity index (χ3n) is 5.16. The van der Waals surface area contributed by atoms with Crippen LogP contribution in [0.2, 0.25) is 0 Å². The molecule has 0 radical (unpaired) electrons. The van der Waals surface area contributed by atoms with E-state index >= 15 is 0 Å². The Morgan fingerprint density at radius 2 is 1.80 bits per heavy atom. The van der Waals surface area contributed by atoms with Gasteiger partial charge in [0.15, 0.2) is 0 Å². The summed E-state index contributed by atoms with van der Waals surface area (Å²) in [7, 11) is 0. The van der Waals surface area contributed by atoms with Gasteiger partial charge in [0, 0.05) is 6.54 Å². The highest BCUT2D eigenvalue weighted by Crippen LogP contribution is 2.32. The van der Waals surface area contributed by atoms with Gasteiger partial charge < -0.3 is 15.5 Å². The van der Waals surface area contributed by atoms with Gasteiger partial charge in [0.25, 0.3) is 0 Å². The van der Waals surface area contributed by atoms with Crippen molar-refractivity contribution in [2.45, 2.75) is 69.8 Å². The first-order chi connectivity index (χ1) is 9.59. The topological polar surface area (TPSA) is 69.6 Å². The Balaban J connectivity index is 1.55. The van der Waals surface area contributed by atoms with Crippen LogP contribution in [0.15, 0.2) is 0 Å². The Labute approximate surface area is 122 Å². The number of nitrogens with one attached hydrogen (secondary N) is 1. The first kappa shape index (κ1) is 15.8. The van der Waals surface area contributed by atoms with Crippen LogP contribution in [0.5, 0.6) is 0 Å². The third-order valence-corrected chi connectivity index (χ3v) is 5.16. The van der Waals surface area contributed by atoms with Crippen LogP contribution in [0.1, 0.15) is 64.2 Å². The van der Waals surface area contributed by atoms with Crippen LogP contribution >= 0.6 is 0 Å². The molecular formula is C16H29NO3. The summed E-state index contributed by atoms with van der Waals surface area (Å²) in [5.74, 6) is -0.0277. The molecule has 0 heterocycles.